The van der Waals surface area contributed by atoms with Gasteiger partial charge < -0.3 is 4.98 Å². The van der Waals surface area contributed by atoms with Crippen molar-refractivity contribution in [3.8, 4) is 0 Å². The van der Waals surface area contributed by atoms with Crippen LogP contribution in [-0.4, -0.2) is 9.97 Å². The zero-order chi connectivity index (χ0) is 11.4. The summed E-state index contributed by atoms with van der Waals surface area (Å²) in [5.74, 6) is 0. The molecule has 0 spiro atoms. The van der Waals surface area contributed by atoms with E-state index in [2.05, 4.69) is 14.9 Å². The topological polar surface area (TPSA) is 56.8 Å². The molecule has 0 bridgehead atoms. The second-order valence-corrected chi connectivity index (χ2v) is 4.00. The Balaban J connectivity index is 2.28. The highest BCUT2D eigenvalue weighted by Gasteiger charge is 2.42. The maximum Gasteiger partial charge on any atom is 0.364 e. The molecule has 4 heteroatoms. The molecule has 1 N–H and O–H groups in total. The number of hydrogen-bond donors (Lipinski definition) is 1. The smallest absolute Gasteiger partial charge is 0.342 e. The van der Waals surface area contributed by atoms with Crippen LogP contribution < -0.4 is 0 Å². The summed E-state index contributed by atoms with van der Waals surface area (Å²) in [4.78, 5) is 10.4. The van der Waals surface area contributed by atoms with Gasteiger partial charge in [-0.1, -0.05) is 30.3 Å². The number of benzene rings is 1. The lowest BCUT2D eigenvalue weighted by molar-refractivity contribution is 0.559. The number of diazo groups is 1. The number of rotatable bonds is 3. The third-order valence-corrected chi connectivity index (χ3v) is 2.69. The lowest BCUT2D eigenvalue weighted by Gasteiger charge is -2.08. The molecule has 0 saturated carbocycles. The third-order valence-electron chi connectivity index (χ3n) is 2.69. The van der Waals surface area contributed by atoms with Gasteiger partial charge >= 0.3 is 5.54 Å². The fourth-order valence-corrected chi connectivity index (χ4v) is 1.73. The highest BCUT2D eigenvalue weighted by Crippen LogP contribution is 2.27. The van der Waals surface area contributed by atoms with Crippen molar-refractivity contribution in [2.75, 3.05) is 0 Å². The minimum absolute atomic E-state index is 0.631. The molecule has 1 atom stereocenters. The van der Waals surface area contributed by atoms with E-state index in [0.717, 1.165) is 11.3 Å². The van der Waals surface area contributed by atoms with Crippen molar-refractivity contribution >= 4 is 0 Å². The maximum atomic E-state index is 9.20. The van der Waals surface area contributed by atoms with Crippen molar-refractivity contribution in [3.63, 3.8) is 0 Å². The van der Waals surface area contributed by atoms with Gasteiger partial charge in [-0.15, -0.1) is 0 Å². The van der Waals surface area contributed by atoms with Crippen LogP contribution in [0.15, 0.2) is 42.9 Å². The first-order valence-electron chi connectivity index (χ1n) is 5.14. The minimum Gasteiger partial charge on any atom is -0.342 e. The summed E-state index contributed by atoms with van der Waals surface area (Å²) in [7, 11) is 0. The van der Waals surface area contributed by atoms with E-state index in [1.165, 1.54) is 0 Å². The highest BCUT2D eigenvalue weighted by atomic mass is 15.0. The number of nitrogens with zero attached hydrogens (tertiary/aromatic N) is 3. The Morgan fingerprint density at radius 1 is 1.38 bits per heavy atom. The van der Waals surface area contributed by atoms with Gasteiger partial charge in [0.25, 0.3) is 0 Å². The van der Waals surface area contributed by atoms with E-state index in [4.69, 9.17) is 0 Å². The third kappa shape index (κ3) is 1.94. The van der Waals surface area contributed by atoms with E-state index in [9.17, 15) is 5.39 Å². The summed E-state index contributed by atoms with van der Waals surface area (Å²) < 4.78 is 0. The molecule has 4 nitrogen and oxygen atoms in total. The summed E-state index contributed by atoms with van der Waals surface area (Å²) in [6, 6.07) is 9.94. The van der Waals surface area contributed by atoms with Crippen LogP contribution in [-0.2, 0) is 12.0 Å². The van der Waals surface area contributed by atoms with E-state index < -0.39 is 5.54 Å². The van der Waals surface area contributed by atoms with Crippen LogP contribution >= 0.6 is 0 Å². The molecule has 1 aromatic carbocycles. The van der Waals surface area contributed by atoms with E-state index in [-0.39, 0.29) is 0 Å². The first-order valence-corrected chi connectivity index (χ1v) is 5.14. The average molecular weight is 213 g/mol. The minimum atomic E-state index is -0.669. The maximum absolute atomic E-state index is 9.20. The van der Waals surface area contributed by atoms with Crippen LogP contribution in [0, 0.1) is 5.39 Å². The van der Waals surface area contributed by atoms with Gasteiger partial charge in [0.05, 0.1) is 18.9 Å². The van der Waals surface area contributed by atoms with Crippen molar-refractivity contribution in [2.45, 2.75) is 18.9 Å². The highest BCUT2D eigenvalue weighted by molar-refractivity contribution is 5.24. The van der Waals surface area contributed by atoms with Crippen LogP contribution in [0.25, 0.3) is 4.98 Å². The first kappa shape index (κ1) is 10.4. The van der Waals surface area contributed by atoms with E-state index in [1.54, 1.807) is 12.5 Å². The van der Waals surface area contributed by atoms with Gasteiger partial charge in [0.2, 0.25) is 5.39 Å². The Kier molecular flexibility index (Phi) is 2.69. The van der Waals surface area contributed by atoms with Crippen molar-refractivity contribution in [2.24, 2.45) is 0 Å². The van der Waals surface area contributed by atoms with Crippen LogP contribution in [0.3, 0.4) is 0 Å². The molecule has 0 saturated heterocycles. The summed E-state index contributed by atoms with van der Waals surface area (Å²) >= 11 is 0. The van der Waals surface area contributed by atoms with E-state index >= 15 is 0 Å². The molecular weight excluding hydrogens is 200 g/mol. The number of aromatic nitrogens is 2. The normalized spacial score (nSPS) is 14.0. The number of nitrogens with one attached hydrogen (secondary N) is 1. The number of H-pyrrole nitrogens is 1. The number of imidazole rings is 1. The molecule has 16 heavy (non-hydrogen) atoms. The molecule has 1 unspecified atom stereocenters. The fraction of sp³-hybridized carbons (Fsp3) is 0.250. The molecule has 0 fully saturated rings. The molecule has 80 valence electrons. The Hall–Kier alpha value is -2.15. The average Bonchev–Trinajstić information content (AvgIpc) is 2.84. The molecule has 1 aromatic heterocycles. The lowest BCUT2D eigenvalue weighted by Crippen LogP contribution is -2.20. The second-order valence-electron chi connectivity index (χ2n) is 4.00. The molecular formula is C12H13N4+. The lowest BCUT2D eigenvalue weighted by atomic mass is 9.91. The predicted octanol–water partition coefficient (Wildman–Crippen LogP) is 2.72. The molecule has 0 amide bonds. The van der Waals surface area contributed by atoms with Crippen LogP contribution in [0.2, 0.25) is 0 Å². The molecule has 0 radical (unpaired) electrons. The Bertz CT molecular complexity index is 483. The standard InChI is InChI=1S/C12H13N4/c1-12(16-13,11-8-14-9-15-11)7-10-5-3-2-4-6-10/h2-6,8-9H,7H2,1H3,(H,14,15)/q+1. The van der Waals surface area contributed by atoms with Gasteiger partial charge in [0.15, 0.2) is 0 Å². The van der Waals surface area contributed by atoms with Gasteiger partial charge in [-0.3, -0.25) is 0 Å². The zero-order valence-corrected chi connectivity index (χ0v) is 9.09. The quantitative estimate of drug-likeness (QED) is 0.797. The number of aromatic amines is 1. The Morgan fingerprint density at radius 3 is 2.69 bits per heavy atom. The first-order chi connectivity index (χ1) is 7.74. The predicted molar refractivity (Wildman–Crippen MR) is 61.2 cm³/mol. The summed E-state index contributed by atoms with van der Waals surface area (Å²) in [6.45, 7) is 1.87. The molecule has 2 aromatic rings. The van der Waals surface area contributed by atoms with Crippen molar-refractivity contribution < 1.29 is 0 Å². The Labute approximate surface area is 94.0 Å². The van der Waals surface area contributed by atoms with Crippen LogP contribution in [0.1, 0.15) is 18.2 Å². The van der Waals surface area contributed by atoms with Crippen LogP contribution in [0.4, 0.5) is 0 Å². The monoisotopic (exact) mass is 213 g/mol. The van der Waals surface area contributed by atoms with Crippen LogP contribution in [0.5, 0.6) is 0 Å². The second kappa shape index (κ2) is 4.15. The molecule has 0 aliphatic carbocycles. The zero-order valence-electron chi connectivity index (χ0n) is 9.09. The summed E-state index contributed by atoms with van der Waals surface area (Å²) in [6.07, 6.45) is 3.90. The molecule has 0 aliphatic rings. The van der Waals surface area contributed by atoms with Gasteiger partial charge in [-0.2, -0.15) is 0 Å². The van der Waals surface area contributed by atoms with Gasteiger partial charge in [-0.25, -0.2) is 4.98 Å². The molecule has 1 heterocycles. The van der Waals surface area contributed by atoms with Crippen molar-refractivity contribution in [1.82, 2.24) is 9.97 Å². The SMILES string of the molecule is CC(Cc1ccccc1)([N+]#N)c1cnc[nH]1. The van der Waals surface area contributed by atoms with Crippen molar-refractivity contribution in [1.29, 1.82) is 5.39 Å². The molecule has 2 rings (SSSR count). The van der Waals surface area contributed by atoms with E-state index in [0.29, 0.717) is 6.42 Å². The molecule has 0 aliphatic heterocycles. The van der Waals surface area contributed by atoms with Crippen molar-refractivity contribution in [3.05, 3.63) is 59.1 Å². The fourth-order valence-electron chi connectivity index (χ4n) is 1.73. The van der Waals surface area contributed by atoms with Gasteiger partial charge in [0, 0.05) is 6.92 Å². The summed E-state index contributed by atoms with van der Waals surface area (Å²) in [5.41, 5.74) is 1.26. The largest absolute Gasteiger partial charge is 0.364 e. The summed E-state index contributed by atoms with van der Waals surface area (Å²) in [5, 5.41) is 9.20. The van der Waals surface area contributed by atoms with E-state index in [1.807, 2.05) is 37.3 Å². The van der Waals surface area contributed by atoms with Gasteiger partial charge in [-0.05, 0) is 5.56 Å². The number of hydrogen-bond acceptors (Lipinski definition) is 2. The Morgan fingerprint density at radius 2 is 2.12 bits per heavy atom. The van der Waals surface area contributed by atoms with Gasteiger partial charge in [0.1, 0.15) is 10.7 Å².